The van der Waals surface area contributed by atoms with Crippen molar-refractivity contribution in [3.8, 4) is 0 Å². The summed E-state index contributed by atoms with van der Waals surface area (Å²) in [4.78, 5) is 13.2. The lowest BCUT2D eigenvalue weighted by Crippen LogP contribution is -2.45. The van der Waals surface area contributed by atoms with Gasteiger partial charge in [-0.05, 0) is 31.1 Å². The van der Waals surface area contributed by atoms with Gasteiger partial charge in [-0.3, -0.25) is 14.7 Å². The average Bonchev–Trinajstić information content (AvgIpc) is 3.46. The predicted octanol–water partition coefficient (Wildman–Crippen LogP) is 4.57. The Morgan fingerprint density at radius 1 is 1.31 bits per heavy atom. The number of alkyl halides is 6. The van der Waals surface area contributed by atoms with Crippen LogP contribution in [0.3, 0.4) is 0 Å². The number of carbonyl (C=O) groups excluding carboxylic acids is 1. The first-order valence-corrected chi connectivity index (χ1v) is 12.9. The first kappa shape index (κ1) is 26.2. The zero-order chi connectivity index (χ0) is 26.8. The largest absolute Gasteiger partial charge is 0.420 e. The van der Waals surface area contributed by atoms with Gasteiger partial charge in [0.2, 0.25) is 6.20 Å². The van der Waals surface area contributed by atoms with E-state index in [0.29, 0.717) is 17.6 Å². The molecule has 0 saturated heterocycles. The van der Waals surface area contributed by atoms with Crippen molar-refractivity contribution in [3.63, 3.8) is 0 Å². The molecule has 2 fully saturated rings. The maximum absolute atomic E-state index is 14.1. The molecule has 1 unspecified atom stereocenters. The van der Waals surface area contributed by atoms with Gasteiger partial charge in [0, 0.05) is 35.6 Å². The minimum absolute atomic E-state index is 0.136. The van der Waals surface area contributed by atoms with E-state index in [2.05, 4.69) is 10.4 Å². The number of nitrogens with zero attached hydrogens (tertiary/aromatic N) is 3. The summed E-state index contributed by atoms with van der Waals surface area (Å²) in [5, 5.41) is 15.7. The van der Waals surface area contributed by atoms with Gasteiger partial charge >= 0.3 is 17.4 Å². The molecule has 36 heavy (non-hydrogen) atoms. The quantitative estimate of drug-likeness (QED) is 0.283. The number of aromatic nitrogens is 3. The van der Waals surface area contributed by atoms with Crippen molar-refractivity contribution in [3.05, 3.63) is 35.3 Å². The van der Waals surface area contributed by atoms with Crippen LogP contribution in [0.5, 0.6) is 0 Å². The Balaban J connectivity index is 1.73. The van der Waals surface area contributed by atoms with Crippen LogP contribution >= 0.6 is 0 Å². The molecule has 15 heteroatoms. The summed E-state index contributed by atoms with van der Waals surface area (Å²) >= 11 is 0. The molecular weight excluding hydrogens is 516 g/mol. The molecule has 0 aromatic carbocycles. The number of hydrogen-bond donors (Lipinski definition) is 3. The Hall–Kier alpha value is -2.84. The normalized spacial score (nSPS) is 24.2. The molecule has 0 spiro atoms. The highest BCUT2D eigenvalue weighted by molar-refractivity contribution is 7.91. The minimum Gasteiger partial charge on any atom is -0.320 e. The monoisotopic (exact) mass is 540 g/mol. The third kappa shape index (κ3) is 5.15. The second-order valence-electron chi connectivity index (χ2n) is 9.89. The molecule has 8 nitrogen and oxygen atoms in total. The third-order valence-corrected chi connectivity index (χ3v) is 7.58. The average molecular weight is 541 g/mol. The fourth-order valence-corrected chi connectivity index (χ4v) is 5.40. The van der Waals surface area contributed by atoms with Crippen LogP contribution in [0.25, 0.3) is 0 Å². The number of carbonyl (C=O) groups is 1. The van der Waals surface area contributed by atoms with Crippen LogP contribution in [-0.4, -0.2) is 37.5 Å². The third-order valence-electron chi connectivity index (χ3n) is 6.47. The molecule has 2 aliphatic carbocycles. The van der Waals surface area contributed by atoms with E-state index in [4.69, 9.17) is 4.78 Å². The highest BCUT2D eigenvalue weighted by Crippen LogP contribution is 2.54. The second kappa shape index (κ2) is 8.35. The molecule has 0 bridgehead atoms. The molecule has 0 radical (unpaired) electrons. The molecule has 2 aromatic rings. The van der Waals surface area contributed by atoms with Gasteiger partial charge in [0.15, 0.2) is 0 Å². The molecule has 2 saturated carbocycles. The van der Waals surface area contributed by atoms with Crippen molar-refractivity contribution in [1.82, 2.24) is 9.78 Å². The van der Waals surface area contributed by atoms with Gasteiger partial charge in [0.05, 0.1) is 17.3 Å². The smallest absolute Gasteiger partial charge is 0.320 e. The number of hydrogen-bond acceptors (Lipinski definition) is 5. The lowest BCUT2D eigenvalue weighted by molar-refractivity contribution is -0.932. The van der Waals surface area contributed by atoms with Gasteiger partial charge in [-0.2, -0.15) is 31.4 Å². The fourth-order valence-electron chi connectivity index (χ4n) is 4.63. The van der Waals surface area contributed by atoms with Crippen molar-refractivity contribution >= 4 is 21.3 Å². The highest BCUT2D eigenvalue weighted by atomic mass is 32.2. The maximum Gasteiger partial charge on any atom is 0.420 e. The summed E-state index contributed by atoms with van der Waals surface area (Å²) in [6.45, 7) is 1.20. The second-order valence-corrected chi connectivity index (χ2v) is 12.0. The Morgan fingerprint density at radius 3 is 2.42 bits per heavy atom. The van der Waals surface area contributed by atoms with Crippen LogP contribution in [0.15, 0.2) is 23.4 Å². The van der Waals surface area contributed by atoms with Crippen molar-refractivity contribution in [2.24, 2.45) is 11.3 Å². The molecule has 1 amide bonds. The predicted molar refractivity (Wildman–Crippen MR) is 113 cm³/mol. The molecule has 2 aromatic heterocycles. The minimum atomic E-state index is -4.95. The summed E-state index contributed by atoms with van der Waals surface area (Å²) in [6, 6.07) is 2.12. The summed E-state index contributed by atoms with van der Waals surface area (Å²) in [5.41, 5.74) is -3.51. The van der Waals surface area contributed by atoms with Crippen molar-refractivity contribution < 1.29 is 45.3 Å². The van der Waals surface area contributed by atoms with Crippen LogP contribution < -0.4 is 10.0 Å². The van der Waals surface area contributed by atoms with Crippen LogP contribution in [0.2, 0.25) is 0 Å². The number of pyridine rings is 1. The lowest BCUT2D eigenvalue weighted by Gasteiger charge is -2.46. The first-order valence-electron chi connectivity index (χ1n) is 10.9. The Morgan fingerprint density at radius 2 is 1.92 bits per heavy atom. The first-order chi connectivity index (χ1) is 16.4. The maximum atomic E-state index is 14.1. The standard InChI is InChI=1S/C21H23F6N5O3S/c1-19(8-12(9-19)20(22,23)24)10-31-17(15(21(25,26)27)16(30-31)11-3-4-11)18(33)29-13-5-6-32(34)14(7-13)36(2,28)35/h5-7,11-12,28,34H,3-4,8-10H2,1-2H3/p+1. The number of rotatable bonds is 6. The van der Waals surface area contributed by atoms with E-state index in [1.54, 1.807) is 0 Å². The van der Waals surface area contributed by atoms with Crippen molar-refractivity contribution in [1.29, 1.82) is 4.78 Å². The summed E-state index contributed by atoms with van der Waals surface area (Å²) in [6.07, 6.45) is -7.10. The Kier molecular flexibility index (Phi) is 6.08. The summed E-state index contributed by atoms with van der Waals surface area (Å²) in [5.74, 6) is -3.29. The highest BCUT2D eigenvalue weighted by Gasteiger charge is 2.54. The summed E-state index contributed by atoms with van der Waals surface area (Å²) < 4.78 is 102. The van der Waals surface area contributed by atoms with E-state index in [1.807, 2.05) is 0 Å². The number of nitrogens with one attached hydrogen (secondary N) is 2. The van der Waals surface area contributed by atoms with E-state index >= 15 is 0 Å². The molecule has 2 aliphatic rings. The van der Waals surface area contributed by atoms with Gasteiger partial charge < -0.3 is 5.32 Å². The van der Waals surface area contributed by atoms with E-state index in [1.165, 1.54) is 6.92 Å². The lowest BCUT2D eigenvalue weighted by atomic mass is 9.63. The molecule has 198 valence electrons. The van der Waals surface area contributed by atoms with Crippen LogP contribution in [-0.2, 0) is 22.5 Å². The van der Waals surface area contributed by atoms with Crippen LogP contribution in [0.1, 0.15) is 60.3 Å². The number of amides is 1. The molecule has 3 N–H and O–H groups in total. The molecule has 4 rings (SSSR count). The van der Waals surface area contributed by atoms with Gasteiger partial charge in [-0.15, -0.1) is 0 Å². The van der Waals surface area contributed by atoms with Gasteiger partial charge in [0.25, 0.3) is 5.91 Å². The fraction of sp³-hybridized carbons (Fsp3) is 0.571. The van der Waals surface area contributed by atoms with Crippen molar-refractivity contribution in [2.75, 3.05) is 11.6 Å². The molecule has 1 atom stereocenters. The van der Waals surface area contributed by atoms with Gasteiger partial charge in [0.1, 0.15) is 21.0 Å². The molecule has 2 heterocycles. The van der Waals surface area contributed by atoms with Gasteiger partial charge in [-0.1, -0.05) is 6.92 Å². The van der Waals surface area contributed by atoms with E-state index in [-0.39, 0.29) is 30.8 Å². The molecular formula is C21H24F6N5O3S+. The number of halogens is 6. The van der Waals surface area contributed by atoms with Crippen LogP contribution in [0.4, 0.5) is 32.0 Å². The van der Waals surface area contributed by atoms with Crippen LogP contribution in [0, 0.1) is 16.1 Å². The van der Waals surface area contributed by atoms with E-state index < -0.39 is 61.5 Å². The van der Waals surface area contributed by atoms with Gasteiger partial charge in [-0.25, -0.2) is 8.99 Å². The zero-order valence-electron chi connectivity index (χ0n) is 19.2. The Bertz CT molecular complexity index is 1310. The Labute approximate surface area is 202 Å². The molecule has 0 aliphatic heterocycles. The van der Waals surface area contributed by atoms with Crippen molar-refractivity contribution in [2.45, 2.75) is 62.4 Å². The topological polar surface area (TPSA) is 112 Å². The SMILES string of the molecule is CC1(Cn2nc(C3CC3)c(C(F)(F)F)c2C(=O)Nc2cc[n+](O)c(S(C)(=N)=O)c2)CC(C(F)(F)F)C1. The number of anilines is 1. The zero-order valence-corrected chi connectivity index (χ0v) is 20.0. The summed E-state index contributed by atoms with van der Waals surface area (Å²) in [7, 11) is -3.46. The van der Waals surface area contributed by atoms with E-state index in [9.17, 15) is 40.6 Å². The van der Waals surface area contributed by atoms with E-state index in [0.717, 1.165) is 29.3 Å².